The van der Waals surface area contributed by atoms with Gasteiger partial charge in [0, 0.05) is 61.2 Å². The number of carbonyl (C=O) groups excluding carboxylic acids is 1. The minimum Gasteiger partial charge on any atom is -0.471 e. The molecule has 2 aliphatic heterocycles. The molecule has 10 nitrogen and oxygen atoms in total. The third-order valence-corrected chi connectivity index (χ3v) is 7.62. The molecule has 0 unspecified atom stereocenters. The lowest BCUT2D eigenvalue weighted by Crippen LogP contribution is -2.40. The molecule has 12 heteroatoms. The van der Waals surface area contributed by atoms with Crippen molar-refractivity contribution in [3.05, 3.63) is 53.9 Å². The van der Waals surface area contributed by atoms with Crippen LogP contribution < -0.4 is 10.1 Å². The van der Waals surface area contributed by atoms with Crippen molar-refractivity contribution < 1.29 is 23.0 Å². The Labute approximate surface area is 229 Å². The van der Waals surface area contributed by atoms with E-state index >= 15 is 4.39 Å². The summed E-state index contributed by atoms with van der Waals surface area (Å²) in [6.45, 7) is 3.77. The number of hydrogen-bond acceptors (Lipinski definition) is 7. The average molecular weight is 552 g/mol. The summed E-state index contributed by atoms with van der Waals surface area (Å²) < 4.78 is 45.2. The van der Waals surface area contributed by atoms with Crippen molar-refractivity contribution in [3.8, 4) is 28.1 Å². The van der Waals surface area contributed by atoms with Gasteiger partial charge in [-0.1, -0.05) is 0 Å². The number of likely N-dealkylation sites (tertiary alicyclic amines) is 1. The molecule has 1 N–H and O–H groups in total. The van der Waals surface area contributed by atoms with Gasteiger partial charge in [0.05, 0.1) is 37.2 Å². The van der Waals surface area contributed by atoms with Crippen LogP contribution in [0.1, 0.15) is 34.8 Å². The van der Waals surface area contributed by atoms with Crippen LogP contribution in [0.2, 0.25) is 0 Å². The van der Waals surface area contributed by atoms with Gasteiger partial charge in [-0.05, 0) is 38.1 Å². The number of ether oxygens (including phenoxy) is 2. The lowest BCUT2D eigenvalue weighted by molar-refractivity contribution is 0.0963. The molecule has 2 aliphatic rings. The highest BCUT2D eigenvalue weighted by molar-refractivity contribution is 5.96. The number of aromatic nitrogens is 5. The molecule has 0 spiro atoms. The maximum Gasteiger partial charge on any atom is 0.251 e. The van der Waals surface area contributed by atoms with Crippen molar-refractivity contribution in [1.29, 1.82) is 0 Å². The first-order valence-electron chi connectivity index (χ1n) is 13.3. The van der Waals surface area contributed by atoms with Gasteiger partial charge in [-0.3, -0.25) is 9.48 Å². The van der Waals surface area contributed by atoms with Crippen molar-refractivity contribution in [2.24, 2.45) is 0 Å². The molecule has 2 saturated heterocycles. The molecule has 5 heterocycles. The van der Waals surface area contributed by atoms with Crippen LogP contribution in [-0.4, -0.2) is 87.9 Å². The van der Waals surface area contributed by atoms with Crippen LogP contribution in [0.25, 0.3) is 27.9 Å². The molecule has 4 aromatic rings. The number of aryl methyl sites for hydroxylation is 1. The maximum atomic E-state index is 15.4. The molecule has 210 valence electrons. The van der Waals surface area contributed by atoms with E-state index in [9.17, 15) is 9.18 Å². The molecule has 1 amide bonds. The van der Waals surface area contributed by atoms with Gasteiger partial charge in [0.15, 0.2) is 5.65 Å². The number of hydrogen-bond donors (Lipinski definition) is 1. The van der Waals surface area contributed by atoms with Crippen molar-refractivity contribution >= 4 is 11.6 Å². The number of nitrogens with zero attached hydrogens (tertiary/aromatic N) is 6. The maximum absolute atomic E-state index is 15.4. The summed E-state index contributed by atoms with van der Waals surface area (Å²) in [6, 6.07) is 2.65. The van der Waals surface area contributed by atoms with E-state index in [1.54, 1.807) is 28.5 Å². The molecule has 0 bridgehead atoms. The van der Waals surface area contributed by atoms with Gasteiger partial charge in [-0.2, -0.15) is 15.2 Å². The minimum atomic E-state index is -1.03. The summed E-state index contributed by atoms with van der Waals surface area (Å²) in [4.78, 5) is 19.1. The highest BCUT2D eigenvalue weighted by Gasteiger charge is 2.30. The first kappa shape index (κ1) is 26.3. The predicted octanol–water partition coefficient (Wildman–Crippen LogP) is 3.45. The molecule has 0 radical (unpaired) electrons. The fraction of sp³-hybridized carbons (Fsp3) is 0.429. The zero-order chi connectivity index (χ0) is 28.0. The highest BCUT2D eigenvalue weighted by atomic mass is 19.1. The summed E-state index contributed by atoms with van der Waals surface area (Å²) in [7, 11) is 3.44. The molecular weight excluding hydrogens is 520 g/mol. The van der Waals surface area contributed by atoms with Gasteiger partial charge in [0.2, 0.25) is 5.88 Å². The molecule has 0 aliphatic carbocycles. The van der Waals surface area contributed by atoms with Crippen LogP contribution in [-0.2, 0) is 4.74 Å². The van der Waals surface area contributed by atoms with Crippen LogP contribution in [0.4, 0.5) is 8.78 Å². The minimum absolute atomic E-state index is 0.199. The fourth-order valence-corrected chi connectivity index (χ4v) is 5.38. The van der Waals surface area contributed by atoms with E-state index in [4.69, 9.17) is 14.5 Å². The molecule has 2 fully saturated rings. The van der Waals surface area contributed by atoms with Gasteiger partial charge in [-0.15, -0.1) is 0 Å². The van der Waals surface area contributed by atoms with Gasteiger partial charge < -0.3 is 19.7 Å². The van der Waals surface area contributed by atoms with E-state index in [1.807, 2.05) is 18.1 Å². The molecule has 1 aromatic carbocycles. The number of piperidine rings is 1. The first-order chi connectivity index (χ1) is 19.3. The number of carbonyl (C=O) groups is 1. The second-order valence-corrected chi connectivity index (χ2v) is 10.5. The Kier molecular flexibility index (Phi) is 6.97. The lowest BCUT2D eigenvalue weighted by Gasteiger charge is -2.32. The van der Waals surface area contributed by atoms with Crippen molar-refractivity contribution in [2.75, 3.05) is 40.4 Å². The Morgan fingerprint density at radius 1 is 1.15 bits per heavy atom. The second kappa shape index (κ2) is 10.6. The van der Waals surface area contributed by atoms with Crippen molar-refractivity contribution in [3.63, 3.8) is 0 Å². The smallest absolute Gasteiger partial charge is 0.251 e. The van der Waals surface area contributed by atoms with Gasteiger partial charge in [-0.25, -0.2) is 13.3 Å². The van der Waals surface area contributed by atoms with Crippen LogP contribution in [0.5, 0.6) is 5.88 Å². The topological polar surface area (TPSA) is 98.8 Å². The molecule has 6 rings (SSSR count). The largest absolute Gasteiger partial charge is 0.471 e. The van der Waals surface area contributed by atoms with Crippen LogP contribution in [0.3, 0.4) is 0 Å². The summed E-state index contributed by atoms with van der Waals surface area (Å²) in [5, 5.41) is 11.5. The van der Waals surface area contributed by atoms with E-state index in [0.29, 0.717) is 71.9 Å². The van der Waals surface area contributed by atoms with E-state index < -0.39 is 12.0 Å². The zero-order valence-electron chi connectivity index (χ0n) is 22.6. The number of fused-ring (bicyclic) bond motifs is 1. The van der Waals surface area contributed by atoms with Gasteiger partial charge in [0.25, 0.3) is 5.91 Å². The average Bonchev–Trinajstić information content (AvgIpc) is 3.71. The Morgan fingerprint density at radius 2 is 2.00 bits per heavy atom. The summed E-state index contributed by atoms with van der Waals surface area (Å²) in [6.07, 6.45) is 6.89. The normalized spacial score (nSPS) is 21.7. The van der Waals surface area contributed by atoms with Crippen LogP contribution in [0, 0.1) is 12.7 Å². The molecule has 0 saturated carbocycles. The van der Waals surface area contributed by atoms with E-state index in [-0.39, 0.29) is 23.6 Å². The number of benzene rings is 1. The number of amides is 1. The van der Waals surface area contributed by atoms with Gasteiger partial charge >= 0.3 is 0 Å². The Bertz CT molecular complexity index is 1560. The lowest BCUT2D eigenvalue weighted by atomic mass is 10.0. The zero-order valence-corrected chi connectivity index (χ0v) is 22.6. The first-order valence-corrected chi connectivity index (χ1v) is 13.3. The fourth-order valence-electron chi connectivity index (χ4n) is 5.38. The SMILES string of the molecule is CNC(=O)c1cc(C)c(F)c(-c2cnn3cc(-c4cnn([C@@H]5CCN(C)C[C@H]5F)c4)c(O[C@H]4CCOC4)nc23)c1. The molecule has 3 atom stereocenters. The predicted molar refractivity (Wildman–Crippen MR) is 144 cm³/mol. The standard InChI is InChI=1S/C28H31F2N7O3/c1-16-8-17(27(38)31-2)9-20(25(16)30)21-11-33-37-13-22(28(34-26(21)37)40-19-5-7-39-15-19)18-10-32-36(12-18)24-4-6-35(3)14-23(24)29/h8-13,19,23-24H,4-7,14-15H2,1-3H3,(H,31,38)/t19-,23+,24+/m0/s1. The Balaban J connectivity index is 1.44. The van der Waals surface area contributed by atoms with E-state index in [2.05, 4.69) is 15.5 Å². The third kappa shape index (κ3) is 4.81. The van der Waals surface area contributed by atoms with Crippen LogP contribution in [0.15, 0.2) is 36.9 Å². The molecule has 40 heavy (non-hydrogen) atoms. The second-order valence-electron chi connectivity index (χ2n) is 10.5. The highest BCUT2D eigenvalue weighted by Crippen LogP contribution is 2.36. The summed E-state index contributed by atoms with van der Waals surface area (Å²) in [5.74, 6) is -0.456. The van der Waals surface area contributed by atoms with Gasteiger partial charge in [0.1, 0.15) is 18.1 Å². The number of alkyl halides is 1. The quantitative estimate of drug-likeness (QED) is 0.392. The van der Waals surface area contributed by atoms with Crippen molar-refractivity contribution in [2.45, 2.75) is 38.1 Å². The Hall–Kier alpha value is -3.90. The Morgan fingerprint density at radius 3 is 2.75 bits per heavy atom. The van der Waals surface area contributed by atoms with E-state index in [1.165, 1.54) is 25.4 Å². The number of halogens is 2. The monoisotopic (exact) mass is 551 g/mol. The number of nitrogens with one attached hydrogen (secondary N) is 1. The summed E-state index contributed by atoms with van der Waals surface area (Å²) in [5.41, 5.74) is 3.01. The molecule has 3 aromatic heterocycles. The molecular formula is C28H31F2N7O3. The number of rotatable bonds is 6. The van der Waals surface area contributed by atoms with Crippen LogP contribution >= 0.6 is 0 Å². The van der Waals surface area contributed by atoms with E-state index in [0.717, 1.165) is 6.54 Å². The summed E-state index contributed by atoms with van der Waals surface area (Å²) >= 11 is 0. The van der Waals surface area contributed by atoms with Crippen molar-refractivity contribution in [1.82, 2.24) is 34.6 Å². The third-order valence-electron chi connectivity index (χ3n) is 7.62.